The van der Waals surface area contributed by atoms with E-state index in [1.54, 1.807) is 0 Å². The molecule has 0 atom stereocenters. The third-order valence-corrected chi connectivity index (χ3v) is 0. The third kappa shape index (κ3) is 8.99. The van der Waals surface area contributed by atoms with Crippen molar-refractivity contribution in [3.8, 4) is 0 Å². The zero-order chi connectivity index (χ0) is 2.00. The molecule has 0 saturated carbocycles. The van der Waals surface area contributed by atoms with E-state index < -0.39 is 0 Å². The molecule has 0 saturated heterocycles. The van der Waals surface area contributed by atoms with Gasteiger partial charge in [-0.1, -0.05) is 0 Å². The third-order valence-electron chi connectivity index (χ3n) is 0. The van der Waals surface area contributed by atoms with Crippen LogP contribution in [0.1, 0.15) is 2.85 Å². The molecular formula is H2BaLaOTi. The van der Waals surface area contributed by atoms with E-state index in [2.05, 4.69) is 0 Å². The summed E-state index contributed by atoms with van der Waals surface area (Å²) >= 11 is 0.750. The van der Waals surface area contributed by atoms with Crippen molar-refractivity contribution in [1.29, 1.82) is 0 Å². The second kappa shape index (κ2) is 16.3. The molecule has 0 N–H and O–H groups in total. The zero-order valence-electron chi connectivity index (χ0n) is 4.19. The fourth-order valence-corrected chi connectivity index (χ4v) is 0. The molecule has 4 heavy (non-hydrogen) atoms. The SMILES string of the molecule is [Ba+2].[H-].[H-].[La].[O]=[Ti]. The van der Waals surface area contributed by atoms with Crippen molar-refractivity contribution >= 4 is 48.9 Å². The Kier molecular flexibility index (Phi) is 63.8. The fraction of sp³-hybridized carbons (Fsp3) is 0. The number of rotatable bonds is 0. The second-order valence-corrected chi connectivity index (χ2v) is 0. The summed E-state index contributed by atoms with van der Waals surface area (Å²) in [6, 6.07) is 0. The van der Waals surface area contributed by atoms with Crippen molar-refractivity contribution in [2.75, 3.05) is 0 Å². The Balaban J connectivity index is -0.000000000833. The van der Waals surface area contributed by atoms with Crippen LogP contribution in [0.4, 0.5) is 0 Å². The van der Waals surface area contributed by atoms with Crippen molar-refractivity contribution in [2.45, 2.75) is 0 Å². The van der Waals surface area contributed by atoms with Gasteiger partial charge < -0.3 is 2.85 Å². The molecule has 1 nitrogen and oxygen atoms in total. The maximum atomic E-state index is 8.25. The summed E-state index contributed by atoms with van der Waals surface area (Å²) in [7, 11) is 0. The van der Waals surface area contributed by atoms with Crippen molar-refractivity contribution in [3.05, 3.63) is 0 Å². The Hall–Kier alpha value is 3.28. The molecule has 1 radical (unpaired) electrons. The summed E-state index contributed by atoms with van der Waals surface area (Å²) in [5.41, 5.74) is 0. The first-order valence-electron chi connectivity index (χ1n) is 0.204. The van der Waals surface area contributed by atoms with Crippen LogP contribution in [-0.4, -0.2) is 48.9 Å². The summed E-state index contributed by atoms with van der Waals surface area (Å²) in [6.45, 7) is 0. The summed E-state index contributed by atoms with van der Waals surface area (Å²) < 4.78 is 8.25. The van der Waals surface area contributed by atoms with E-state index in [1.807, 2.05) is 0 Å². The van der Waals surface area contributed by atoms with Crippen molar-refractivity contribution < 1.29 is 62.2 Å². The minimum absolute atomic E-state index is 0. The van der Waals surface area contributed by atoms with E-state index in [9.17, 15) is 0 Å². The van der Waals surface area contributed by atoms with Crippen LogP contribution >= 0.6 is 0 Å². The average Bonchev–Trinajstić information content (AvgIpc) is 1.00. The molecule has 0 aliphatic rings. The Morgan fingerprint density at radius 2 is 1.50 bits per heavy atom. The van der Waals surface area contributed by atoms with E-state index in [1.165, 1.54) is 0 Å². The van der Waals surface area contributed by atoms with Crippen LogP contribution in [0.15, 0.2) is 0 Å². The molecule has 0 heterocycles. The van der Waals surface area contributed by atoms with Crippen LogP contribution in [0.25, 0.3) is 0 Å². The van der Waals surface area contributed by atoms with Gasteiger partial charge in [0.25, 0.3) is 0 Å². The molecule has 0 unspecified atom stereocenters. The molecule has 0 spiro atoms. The molecule has 0 aromatic heterocycles. The van der Waals surface area contributed by atoms with Crippen LogP contribution in [-0.2, 0) is 23.7 Å². The molecule has 0 aliphatic carbocycles. The Labute approximate surface area is 108 Å². The van der Waals surface area contributed by atoms with Gasteiger partial charge in [0.15, 0.2) is 0 Å². The van der Waals surface area contributed by atoms with Gasteiger partial charge in [0.2, 0.25) is 0 Å². The predicted octanol–water partition coefficient (Wildman–Crippen LogP) is -0.277. The average molecular weight is 342 g/mol. The molecule has 0 fully saturated rings. The van der Waals surface area contributed by atoms with Gasteiger partial charge in [0, 0.05) is 35.6 Å². The summed E-state index contributed by atoms with van der Waals surface area (Å²) in [6.07, 6.45) is 0. The first kappa shape index (κ1) is 15.7. The molecule has 0 amide bonds. The van der Waals surface area contributed by atoms with Gasteiger partial charge in [-0.15, -0.1) is 0 Å². The van der Waals surface area contributed by atoms with Gasteiger partial charge in [-0.25, -0.2) is 0 Å². The van der Waals surface area contributed by atoms with Gasteiger partial charge >= 0.3 is 72.6 Å². The topological polar surface area (TPSA) is 17.1 Å². The normalized spacial score (nSPS) is 0.750. The van der Waals surface area contributed by atoms with Gasteiger partial charge in [0.1, 0.15) is 0 Å². The van der Waals surface area contributed by atoms with E-state index in [4.69, 9.17) is 3.32 Å². The fourth-order valence-electron chi connectivity index (χ4n) is 0. The summed E-state index contributed by atoms with van der Waals surface area (Å²) in [4.78, 5) is 0. The number of hydrogen-bond acceptors (Lipinski definition) is 1. The quantitative estimate of drug-likeness (QED) is 0.554. The zero-order valence-corrected chi connectivity index (χ0v) is 11.8. The molecule has 0 bridgehead atoms. The maximum absolute atomic E-state index is 8.25. The van der Waals surface area contributed by atoms with Gasteiger partial charge in [-0.2, -0.15) is 0 Å². The Bertz CT molecular complexity index is 13.5. The molecule has 4 heteroatoms. The van der Waals surface area contributed by atoms with Crippen molar-refractivity contribution in [3.63, 3.8) is 0 Å². The summed E-state index contributed by atoms with van der Waals surface area (Å²) in [5, 5.41) is 0. The first-order valence-corrected chi connectivity index (χ1v) is 0.842. The van der Waals surface area contributed by atoms with Crippen LogP contribution in [0.5, 0.6) is 0 Å². The molecule has 17 valence electrons. The summed E-state index contributed by atoms with van der Waals surface area (Å²) in [5.74, 6) is 0. The standard InChI is InChI=1S/Ba.La.O.Ti.2H/q+2;;;;2*-1. The van der Waals surface area contributed by atoms with E-state index >= 15 is 0 Å². The van der Waals surface area contributed by atoms with Crippen LogP contribution < -0.4 is 0 Å². The second-order valence-electron chi connectivity index (χ2n) is 0. The van der Waals surface area contributed by atoms with Crippen molar-refractivity contribution in [2.24, 2.45) is 0 Å². The van der Waals surface area contributed by atoms with Gasteiger partial charge in [-0.3, -0.25) is 0 Å². The Morgan fingerprint density at radius 1 is 1.50 bits per heavy atom. The molecular weight excluding hydrogens is 340 g/mol. The molecule has 0 aromatic carbocycles. The van der Waals surface area contributed by atoms with E-state index in [0.717, 1.165) is 20.4 Å². The number of hydrogen-bond donors (Lipinski definition) is 0. The monoisotopic (exact) mass is 343 g/mol. The minimum atomic E-state index is 0. The van der Waals surface area contributed by atoms with Crippen LogP contribution in [0.2, 0.25) is 0 Å². The van der Waals surface area contributed by atoms with E-state index in [-0.39, 0.29) is 87.3 Å². The first-order chi connectivity index (χ1) is 1.00. The van der Waals surface area contributed by atoms with Crippen molar-refractivity contribution in [1.82, 2.24) is 0 Å². The Morgan fingerprint density at radius 3 is 1.50 bits per heavy atom. The predicted molar refractivity (Wildman–Crippen MR) is 8.66 cm³/mol. The molecule has 0 aliphatic heterocycles. The van der Waals surface area contributed by atoms with Gasteiger partial charge in [0.05, 0.1) is 0 Å². The van der Waals surface area contributed by atoms with Crippen LogP contribution in [0, 0.1) is 35.6 Å². The molecule has 0 aromatic rings. The molecule has 0 rings (SSSR count). The van der Waals surface area contributed by atoms with E-state index in [0.29, 0.717) is 0 Å². The van der Waals surface area contributed by atoms with Crippen LogP contribution in [0.3, 0.4) is 0 Å². The van der Waals surface area contributed by atoms with Gasteiger partial charge in [-0.05, 0) is 0 Å².